The molecular formula is C16H31N3O2. The molecular weight excluding hydrogens is 266 g/mol. The van der Waals surface area contributed by atoms with Crippen molar-refractivity contribution < 1.29 is 9.47 Å². The molecule has 0 aromatic heterocycles. The van der Waals surface area contributed by atoms with Crippen LogP contribution in [0.3, 0.4) is 0 Å². The summed E-state index contributed by atoms with van der Waals surface area (Å²) < 4.78 is 10.4. The molecule has 2 fully saturated rings. The van der Waals surface area contributed by atoms with Crippen molar-refractivity contribution in [3.8, 4) is 0 Å². The zero-order valence-corrected chi connectivity index (χ0v) is 13.6. The van der Waals surface area contributed by atoms with E-state index in [2.05, 4.69) is 17.6 Å². The lowest BCUT2D eigenvalue weighted by Crippen LogP contribution is -2.38. The topological polar surface area (TPSA) is 54.9 Å². The lowest BCUT2D eigenvalue weighted by atomic mass is 10.0. The number of ether oxygens (including phenoxy) is 2. The first-order chi connectivity index (χ1) is 10.3. The van der Waals surface area contributed by atoms with Gasteiger partial charge in [-0.05, 0) is 50.4 Å². The Morgan fingerprint density at radius 2 is 2.00 bits per heavy atom. The number of aliphatic imine (C=N–C) groups is 1. The minimum Gasteiger partial charge on any atom is -0.382 e. The molecule has 0 atom stereocenters. The molecule has 2 N–H and O–H groups in total. The van der Waals surface area contributed by atoms with Crippen molar-refractivity contribution in [2.24, 2.45) is 16.3 Å². The molecule has 5 heteroatoms. The Hall–Kier alpha value is -0.810. The van der Waals surface area contributed by atoms with Gasteiger partial charge in [0.2, 0.25) is 0 Å². The summed E-state index contributed by atoms with van der Waals surface area (Å²) in [7, 11) is 1.69. The average molecular weight is 297 g/mol. The molecule has 0 heterocycles. The summed E-state index contributed by atoms with van der Waals surface area (Å²) in [5, 5.41) is 6.73. The largest absolute Gasteiger partial charge is 0.382 e. The second-order valence-electron chi connectivity index (χ2n) is 6.22. The third-order valence-electron chi connectivity index (χ3n) is 4.42. The van der Waals surface area contributed by atoms with Gasteiger partial charge in [-0.15, -0.1) is 0 Å². The molecule has 0 aliphatic heterocycles. The van der Waals surface area contributed by atoms with Crippen molar-refractivity contribution in [1.29, 1.82) is 0 Å². The van der Waals surface area contributed by atoms with Crippen LogP contribution in [0.25, 0.3) is 0 Å². The highest BCUT2D eigenvalue weighted by molar-refractivity contribution is 5.79. The van der Waals surface area contributed by atoms with Crippen LogP contribution in [0, 0.1) is 11.3 Å². The first kappa shape index (κ1) is 16.6. The van der Waals surface area contributed by atoms with Gasteiger partial charge in [-0.2, -0.15) is 0 Å². The van der Waals surface area contributed by atoms with E-state index in [1.165, 1.54) is 25.7 Å². The predicted molar refractivity (Wildman–Crippen MR) is 85.7 cm³/mol. The lowest BCUT2D eigenvalue weighted by Gasteiger charge is -2.15. The Balaban J connectivity index is 1.60. The Morgan fingerprint density at radius 1 is 1.19 bits per heavy atom. The number of nitrogens with zero attached hydrogens (tertiary/aromatic N) is 1. The maximum atomic E-state index is 5.45. The summed E-state index contributed by atoms with van der Waals surface area (Å²) in [6.45, 7) is 7.02. The van der Waals surface area contributed by atoms with Crippen molar-refractivity contribution >= 4 is 5.96 Å². The molecule has 2 aliphatic carbocycles. The van der Waals surface area contributed by atoms with Crippen LogP contribution in [-0.4, -0.2) is 52.5 Å². The van der Waals surface area contributed by atoms with Gasteiger partial charge in [0.25, 0.3) is 0 Å². The van der Waals surface area contributed by atoms with Gasteiger partial charge in [0.1, 0.15) is 0 Å². The molecule has 0 radical (unpaired) electrons. The first-order valence-electron chi connectivity index (χ1n) is 8.39. The van der Waals surface area contributed by atoms with Gasteiger partial charge in [0.15, 0.2) is 5.96 Å². The molecule has 2 rings (SSSR count). The fraction of sp³-hybridized carbons (Fsp3) is 0.938. The number of methoxy groups -OCH3 is 1. The van der Waals surface area contributed by atoms with Gasteiger partial charge in [0, 0.05) is 33.4 Å². The van der Waals surface area contributed by atoms with Crippen LogP contribution >= 0.6 is 0 Å². The summed E-state index contributed by atoms with van der Waals surface area (Å²) in [6, 6.07) is 0. The van der Waals surface area contributed by atoms with Crippen molar-refractivity contribution in [2.45, 2.75) is 39.0 Å². The van der Waals surface area contributed by atoms with Gasteiger partial charge >= 0.3 is 0 Å². The number of guanidine groups is 1. The van der Waals surface area contributed by atoms with E-state index in [0.717, 1.165) is 44.5 Å². The summed E-state index contributed by atoms with van der Waals surface area (Å²) in [5.74, 6) is 1.93. The lowest BCUT2D eigenvalue weighted by molar-refractivity contribution is 0.0698. The van der Waals surface area contributed by atoms with E-state index in [0.29, 0.717) is 18.6 Å². The number of hydrogen-bond acceptors (Lipinski definition) is 3. The maximum Gasteiger partial charge on any atom is 0.191 e. The summed E-state index contributed by atoms with van der Waals surface area (Å²) in [5.41, 5.74) is 0.575. The molecule has 0 aromatic rings. The Morgan fingerprint density at radius 3 is 2.62 bits per heavy atom. The fourth-order valence-electron chi connectivity index (χ4n) is 2.76. The number of nitrogens with one attached hydrogen (secondary N) is 2. The molecule has 0 unspecified atom stereocenters. The molecule has 0 saturated heterocycles. The normalized spacial score (nSPS) is 20.4. The van der Waals surface area contributed by atoms with Crippen molar-refractivity contribution in [1.82, 2.24) is 10.6 Å². The minimum atomic E-state index is 0.575. The molecule has 2 saturated carbocycles. The van der Waals surface area contributed by atoms with Crippen LogP contribution in [0.15, 0.2) is 4.99 Å². The van der Waals surface area contributed by atoms with Crippen LogP contribution in [0.1, 0.15) is 39.0 Å². The Labute approximate surface area is 128 Å². The molecule has 0 amide bonds. The maximum absolute atomic E-state index is 5.45. The van der Waals surface area contributed by atoms with E-state index < -0.39 is 0 Å². The SMILES string of the molecule is CCNC(=NCC1(C2CC2)CC1)NCCCOCCOC. The molecule has 2 aliphatic rings. The molecule has 0 bridgehead atoms. The predicted octanol–water partition coefficient (Wildman–Crippen LogP) is 1.78. The molecule has 0 spiro atoms. The third kappa shape index (κ3) is 5.83. The van der Waals surface area contributed by atoms with Crippen LogP contribution in [0.4, 0.5) is 0 Å². The second-order valence-corrected chi connectivity index (χ2v) is 6.22. The van der Waals surface area contributed by atoms with E-state index in [4.69, 9.17) is 14.5 Å². The highest BCUT2D eigenvalue weighted by Gasteiger charge is 2.53. The summed E-state index contributed by atoms with van der Waals surface area (Å²) in [4.78, 5) is 4.79. The van der Waals surface area contributed by atoms with Gasteiger partial charge in [0.05, 0.1) is 13.2 Å². The van der Waals surface area contributed by atoms with E-state index in [9.17, 15) is 0 Å². The van der Waals surface area contributed by atoms with Crippen LogP contribution in [-0.2, 0) is 9.47 Å². The smallest absolute Gasteiger partial charge is 0.191 e. The quantitative estimate of drug-likeness (QED) is 0.347. The minimum absolute atomic E-state index is 0.575. The van der Waals surface area contributed by atoms with Gasteiger partial charge in [-0.3, -0.25) is 4.99 Å². The fourth-order valence-corrected chi connectivity index (χ4v) is 2.76. The van der Waals surface area contributed by atoms with Gasteiger partial charge in [-0.25, -0.2) is 0 Å². The van der Waals surface area contributed by atoms with Crippen LogP contribution < -0.4 is 10.6 Å². The van der Waals surface area contributed by atoms with Gasteiger partial charge < -0.3 is 20.1 Å². The second kappa shape index (κ2) is 8.59. The molecule has 21 heavy (non-hydrogen) atoms. The summed E-state index contributed by atoms with van der Waals surface area (Å²) in [6.07, 6.45) is 6.61. The first-order valence-corrected chi connectivity index (χ1v) is 8.39. The van der Waals surface area contributed by atoms with Gasteiger partial charge in [-0.1, -0.05) is 0 Å². The number of hydrogen-bond donors (Lipinski definition) is 2. The Kier molecular flexibility index (Phi) is 6.77. The molecule has 5 nitrogen and oxygen atoms in total. The van der Waals surface area contributed by atoms with Crippen molar-refractivity contribution in [3.63, 3.8) is 0 Å². The number of rotatable bonds is 11. The Bertz CT molecular complexity index is 325. The molecule has 0 aromatic carbocycles. The monoisotopic (exact) mass is 297 g/mol. The highest BCUT2D eigenvalue weighted by Crippen LogP contribution is 2.61. The van der Waals surface area contributed by atoms with Crippen molar-refractivity contribution in [3.05, 3.63) is 0 Å². The zero-order valence-electron chi connectivity index (χ0n) is 13.6. The van der Waals surface area contributed by atoms with Crippen LogP contribution in [0.2, 0.25) is 0 Å². The standard InChI is InChI=1S/C16H31N3O2/c1-3-17-15(18-9-4-10-21-12-11-20-2)19-13-16(7-8-16)14-5-6-14/h14H,3-13H2,1-2H3,(H2,17,18,19). The molecule has 122 valence electrons. The van der Waals surface area contributed by atoms with Crippen molar-refractivity contribution in [2.75, 3.05) is 46.6 Å². The van der Waals surface area contributed by atoms with E-state index in [-0.39, 0.29) is 0 Å². The average Bonchev–Trinajstić information content (AvgIpc) is 3.37. The van der Waals surface area contributed by atoms with E-state index in [1.807, 2.05) is 0 Å². The third-order valence-corrected chi connectivity index (χ3v) is 4.42. The van der Waals surface area contributed by atoms with E-state index in [1.54, 1.807) is 7.11 Å². The summed E-state index contributed by atoms with van der Waals surface area (Å²) >= 11 is 0. The van der Waals surface area contributed by atoms with Crippen LogP contribution in [0.5, 0.6) is 0 Å². The van der Waals surface area contributed by atoms with E-state index >= 15 is 0 Å². The zero-order chi connectivity index (χ0) is 15.0. The highest BCUT2D eigenvalue weighted by atomic mass is 16.5.